The molecule has 0 bridgehead atoms. The van der Waals surface area contributed by atoms with E-state index in [0.717, 1.165) is 0 Å². The van der Waals surface area contributed by atoms with Crippen LogP contribution in [0.1, 0.15) is 20.8 Å². The van der Waals surface area contributed by atoms with Crippen molar-refractivity contribution < 1.29 is 13.9 Å². The van der Waals surface area contributed by atoms with E-state index in [0.29, 0.717) is 11.6 Å². The Kier molecular flexibility index (Phi) is 5.60. The molecule has 1 aromatic carbocycles. The van der Waals surface area contributed by atoms with Crippen molar-refractivity contribution in [2.24, 2.45) is 5.92 Å². The Balaban J connectivity index is 2.48. The molecular weight excluding hydrogens is 247 g/mol. The number of amides is 1. The molecule has 0 aliphatic heterocycles. The van der Waals surface area contributed by atoms with E-state index in [9.17, 15) is 9.18 Å². The zero-order valence-corrected chi connectivity index (χ0v) is 11.8. The highest BCUT2D eigenvalue weighted by molar-refractivity contribution is 5.80. The number of hydrogen-bond acceptors (Lipinski definition) is 3. The normalized spacial score (nSPS) is 12.1. The van der Waals surface area contributed by atoms with E-state index in [1.807, 2.05) is 20.8 Å². The van der Waals surface area contributed by atoms with Crippen LogP contribution < -0.4 is 15.4 Å². The lowest BCUT2D eigenvalue weighted by Crippen LogP contribution is -2.39. The Labute approximate surface area is 113 Å². The van der Waals surface area contributed by atoms with E-state index in [2.05, 4.69) is 10.6 Å². The monoisotopic (exact) mass is 268 g/mol. The Morgan fingerprint density at radius 1 is 1.37 bits per heavy atom. The quantitative estimate of drug-likeness (QED) is 0.833. The van der Waals surface area contributed by atoms with Crippen LogP contribution in [0.25, 0.3) is 0 Å². The molecule has 1 rings (SSSR count). The van der Waals surface area contributed by atoms with Gasteiger partial charge in [-0.1, -0.05) is 13.8 Å². The summed E-state index contributed by atoms with van der Waals surface area (Å²) in [5, 5.41) is 5.74. The third kappa shape index (κ3) is 4.77. The number of hydrogen-bond donors (Lipinski definition) is 2. The standard InChI is InChI=1S/C14H21FN2O2/c1-9(2)10(3)17-14(18)8-16-11-5-6-13(19-4)12(15)7-11/h5-7,9-10,16H,8H2,1-4H3,(H,17,18). The van der Waals surface area contributed by atoms with E-state index >= 15 is 0 Å². The number of ether oxygens (including phenoxy) is 1. The first-order valence-corrected chi connectivity index (χ1v) is 6.30. The molecule has 1 unspecified atom stereocenters. The fourth-order valence-corrected chi connectivity index (χ4v) is 1.43. The minimum atomic E-state index is -0.455. The van der Waals surface area contributed by atoms with Gasteiger partial charge in [0, 0.05) is 17.8 Å². The van der Waals surface area contributed by atoms with Gasteiger partial charge in [-0.25, -0.2) is 4.39 Å². The van der Waals surface area contributed by atoms with Crippen LogP contribution in [0.5, 0.6) is 5.75 Å². The molecule has 0 aromatic heterocycles. The zero-order chi connectivity index (χ0) is 14.4. The summed E-state index contributed by atoms with van der Waals surface area (Å²) in [7, 11) is 1.41. The van der Waals surface area contributed by atoms with Crippen molar-refractivity contribution in [3.05, 3.63) is 24.0 Å². The van der Waals surface area contributed by atoms with Crippen LogP contribution in [0.3, 0.4) is 0 Å². The van der Waals surface area contributed by atoms with Gasteiger partial charge >= 0.3 is 0 Å². The van der Waals surface area contributed by atoms with Crippen molar-refractivity contribution >= 4 is 11.6 Å². The third-order valence-electron chi connectivity index (χ3n) is 2.99. The van der Waals surface area contributed by atoms with E-state index in [4.69, 9.17) is 4.74 Å². The van der Waals surface area contributed by atoms with Crippen molar-refractivity contribution in [3.63, 3.8) is 0 Å². The Hall–Kier alpha value is -1.78. The zero-order valence-electron chi connectivity index (χ0n) is 11.8. The van der Waals surface area contributed by atoms with Gasteiger partial charge < -0.3 is 15.4 Å². The van der Waals surface area contributed by atoms with Crippen LogP contribution in [-0.4, -0.2) is 25.6 Å². The fraction of sp³-hybridized carbons (Fsp3) is 0.500. The lowest BCUT2D eigenvalue weighted by Gasteiger charge is -2.17. The maximum absolute atomic E-state index is 13.4. The summed E-state index contributed by atoms with van der Waals surface area (Å²) < 4.78 is 18.2. The first-order chi connectivity index (χ1) is 8.93. The van der Waals surface area contributed by atoms with Crippen LogP contribution in [0.15, 0.2) is 18.2 Å². The highest BCUT2D eigenvalue weighted by Gasteiger charge is 2.10. The molecule has 2 N–H and O–H groups in total. The largest absolute Gasteiger partial charge is 0.494 e. The van der Waals surface area contributed by atoms with E-state index in [1.54, 1.807) is 6.07 Å². The molecule has 0 saturated carbocycles. The molecule has 19 heavy (non-hydrogen) atoms. The number of carbonyl (C=O) groups is 1. The van der Waals surface area contributed by atoms with E-state index < -0.39 is 5.82 Å². The first kappa shape index (κ1) is 15.3. The van der Waals surface area contributed by atoms with Crippen molar-refractivity contribution in [3.8, 4) is 5.75 Å². The minimum absolute atomic E-state index is 0.113. The Morgan fingerprint density at radius 3 is 2.58 bits per heavy atom. The first-order valence-electron chi connectivity index (χ1n) is 6.30. The van der Waals surface area contributed by atoms with Crippen molar-refractivity contribution in [1.82, 2.24) is 5.32 Å². The second-order valence-corrected chi connectivity index (χ2v) is 4.80. The van der Waals surface area contributed by atoms with E-state index in [1.165, 1.54) is 19.2 Å². The number of nitrogens with one attached hydrogen (secondary N) is 2. The second-order valence-electron chi connectivity index (χ2n) is 4.80. The van der Waals surface area contributed by atoms with E-state index in [-0.39, 0.29) is 24.2 Å². The minimum Gasteiger partial charge on any atom is -0.494 e. The number of rotatable bonds is 6. The van der Waals surface area contributed by atoms with Gasteiger partial charge in [0.25, 0.3) is 0 Å². The molecular formula is C14H21FN2O2. The molecule has 1 amide bonds. The molecule has 0 fully saturated rings. The summed E-state index contributed by atoms with van der Waals surface area (Å²) in [4.78, 5) is 11.6. The number of carbonyl (C=O) groups excluding carboxylic acids is 1. The summed E-state index contributed by atoms with van der Waals surface area (Å²) in [6.07, 6.45) is 0. The predicted molar refractivity (Wildman–Crippen MR) is 73.9 cm³/mol. The predicted octanol–water partition coefficient (Wildman–Crippen LogP) is 2.41. The van der Waals surface area contributed by atoms with Gasteiger partial charge in [-0.15, -0.1) is 0 Å². The summed E-state index contributed by atoms with van der Waals surface area (Å²) in [6, 6.07) is 4.60. The molecule has 0 heterocycles. The summed E-state index contributed by atoms with van der Waals surface area (Å²) in [5.41, 5.74) is 0.547. The molecule has 0 aliphatic rings. The molecule has 0 spiro atoms. The number of anilines is 1. The maximum atomic E-state index is 13.4. The number of methoxy groups -OCH3 is 1. The highest BCUT2D eigenvalue weighted by atomic mass is 19.1. The fourth-order valence-electron chi connectivity index (χ4n) is 1.43. The maximum Gasteiger partial charge on any atom is 0.239 e. The van der Waals surface area contributed by atoms with Crippen LogP contribution in [-0.2, 0) is 4.79 Å². The Morgan fingerprint density at radius 2 is 2.05 bits per heavy atom. The summed E-state index contributed by atoms with van der Waals surface area (Å²) >= 11 is 0. The second kappa shape index (κ2) is 6.97. The average molecular weight is 268 g/mol. The summed E-state index contributed by atoms with van der Waals surface area (Å²) in [5.74, 6) is -0.00769. The van der Waals surface area contributed by atoms with Gasteiger partial charge in [-0.3, -0.25) is 4.79 Å². The molecule has 0 radical (unpaired) electrons. The van der Waals surface area contributed by atoms with Crippen LogP contribution in [0, 0.1) is 11.7 Å². The van der Waals surface area contributed by atoms with Gasteiger partial charge in [0.15, 0.2) is 11.6 Å². The lowest BCUT2D eigenvalue weighted by atomic mass is 10.1. The molecule has 4 nitrogen and oxygen atoms in total. The van der Waals surface area contributed by atoms with Crippen LogP contribution >= 0.6 is 0 Å². The highest BCUT2D eigenvalue weighted by Crippen LogP contribution is 2.20. The molecule has 1 aromatic rings. The third-order valence-corrected chi connectivity index (χ3v) is 2.99. The lowest BCUT2D eigenvalue weighted by molar-refractivity contribution is -0.120. The van der Waals surface area contributed by atoms with Gasteiger partial charge in [-0.05, 0) is 25.0 Å². The molecule has 106 valence electrons. The van der Waals surface area contributed by atoms with Gasteiger partial charge in [0.1, 0.15) is 0 Å². The smallest absolute Gasteiger partial charge is 0.239 e. The summed E-state index contributed by atoms with van der Waals surface area (Å²) in [6.45, 7) is 6.15. The van der Waals surface area contributed by atoms with Crippen molar-refractivity contribution in [1.29, 1.82) is 0 Å². The Bertz CT molecular complexity index is 435. The molecule has 5 heteroatoms. The van der Waals surface area contributed by atoms with Crippen molar-refractivity contribution in [2.75, 3.05) is 19.0 Å². The number of benzene rings is 1. The molecule has 0 saturated heterocycles. The van der Waals surface area contributed by atoms with Crippen LogP contribution in [0.4, 0.5) is 10.1 Å². The SMILES string of the molecule is COc1ccc(NCC(=O)NC(C)C(C)C)cc1F. The van der Waals surface area contributed by atoms with Crippen molar-refractivity contribution in [2.45, 2.75) is 26.8 Å². The molecule has 1 atom stereocenters. The van der Waals surface area contributed by atoms with Gasteiger partial charge in [0.2, 0.25) is 5.91 Å². The molecule has 0 aliphatic carbocycles. The van der Waals surface area contributed by atoms with Gasteiger partial charge in [0.05, 0.1) is 13.7 Å². The van der Waals surface area contributed by atoms with Crippen LogP contribution in [0.2, 0.25) is 0 Å². The average Bonchev–Trinajstić information content (AvgIpc) is 2.36. The topological polar surface area (TPSA) is 50.4 Å². The van der Waals surface area contributed by atoms with Gasteiger partial charge in [-0.2, -0.15) is 0 Å². The number of halogens is 1.